The van der Waals surface area contributed by atoms with Crippen molar-refractivity contribution in [3.8, 4) is 0 Å². The number of hydrogen-bond acceptors (Lipinski definition) is 2. The number of halogens is 2. The van der Waals surface area contributed by atoms with E-state index in [-0.39, 0.29) is 11.5 Å². The lowest BCUT2D eigenvalue weighted by Gasteiger charge is -2.28. The van der Waals surface area contributed by atoms with Crippen molar-refractivity contribution in [1.82, 2.24) is 5.32 Å². The Balaban J connectivity index is 2.28. The van der Waals surface area contributed by atoms with E-state index in [1.165, 1.54) is 12.1 Å². The lowest BCUT2D eigenvalue weighted by atomic mass is 9.87. The van der Waals surface area contributed by atoms with Gasteiger partial charge in [0, 0.05) is 35.1 Å². The quantitative estimate of drug-likeness (QED) is 0.859. The van der Waals surface area contributed by atoms with Gasteiger partial charge in [-0.25, -0.2) is 8.78 Å². The predicted molar refractivity (Wildman–Crippen MR) is 78.5 cm³/mol. The highest BCUT2D eigenvalue weighted by molar-refractivity contribution is 5.48. The molecule has 1 heterocycles. The molecule has 2 N–H and O–H groups in total. The van der Waals surface area contributed by atoms with E-state index in [0.29, 0.717) is 30.8 Å². The fraction of sp³-hybridized carbons (Fsp3) is 0.375. The van der Waals surface area contributed by atoms with E-state index in [1.54, 1.807) is 0 Å². The van der Waals surface area contributed by atoms with Gasteiger partial charge in [0.15, 0.2) is 0 Å². The Morgan fingerprint density at radius 2 is 1.95 bits per heavy atom. The van der Waals surface area contributed by atoms with Gasteiger partial charge in [-0.2, -0.15) is 0 Å². The number of rotatable bonds is 4. The van der Waals surface area contributed by atoms with Gasteiger partial charge in [0.1, 0.15) is 11.6 Å². The maximum absolute atomic E-state index is 14.2. The van der Waals surface area contributed by atoms with E-state index in [1.807, 2.05) is 6.92 Å². The second kappa shape index (κ2) is 6.07. The molecule has 2 rings (SSSR count). The first-order valence-corrected chi connectivity index (χ1v) is 6.89. The molecule has 4 heteroatoms. The standard InChI is InChI=1S/C16H20F2N2/c1-4-7-19-12-8-14(17)16(15(18)9-12)13-6-5-10(2)20-11(13)3/h8-9,13,19-20H,2-7H2,1H3. The molecule has 1 saturated heterocycles. The summed E-state index contributed by atoms with van der Waals surface area (Å²) in [7, 11) is 0. The molecule has 1 aliphatic heterocycles. The topological polar surface area (TPSA) is 24.1 Å². The monoisotopic (exact) mass is 278 g/mol. The zero-order valence-corrected chi connectivity index (χ0v) is 11.7. The zero-order valence-electron chi connectivity index (χ0n) is 11.7. The molecule has 0 bridgehead atoms. The Morgan fingerprint density at radius 1 is 1.30 bits per heavy atom. The molecular formula is C16H20F2N2. The third-order valence-electron chi connectivity index (χ3n) is 3.50. The van der Waals surface area contributed by atoms with E-state index >= 15 is 0 Å². The number of hydrogen-bond donors (Lipinski definition) is 2. The average Bonchev–Trinajstić information content (AvgIpc) is 2.38. The zero-order chi connectivity index (χ0) is 14.7. The van der Waals surface area contributed by atoms with Crippen molar-refractivity contribution in [3.63, 3.8) is 0 Å². The second-order valence-electron chi connectivity index (χ2n) is 5.13. The van der Waals surface area contributed by atoms with Crippen LogP contribution in [0.15, 0.2) is 36.7 Å². The lowest BCUT2D eigenvalue weighted by molar-refractivity contribution is 0.503. The van der Waals surface area contributed by atoms with Crippen molar-refractivity contribution in [3.05, 3.63) is 53.9 Å². The molecule has 1 aliphatic rings. The van der Waals surface area contributed by atoms with Crippen LogP contribution in [-0.2, 0) is 0 Å². The molecule has 1 aromatic rings. The number of anilines is 1. The van der Waals surface area contributed by atoms with Crippen LogP contribution in [0.5, 0.6) is 0 Å². The van der Waals surface area contributed by atoms with Gasteiger partial charge in [0.25, 0.3) is 0 Å². The van der Waals surface area contributed by atoms with Crippen molar-refractivity contribution in [2.24, 2.45) is 0 Å². The normalized spacial score (nSPS) is 18.9. The van der Waals surface area contributed by atoms with Crippen LogP contribution in [0, 0.1) is 11.6 Å². The summed E-state index contributed by atoms with van der Waals surface area (Å²) in [6.07, 6.45) is 2.22. The molecule has 20 heavy (non-hydrogen) atoms. The number of allylic oxidation sites excluding steroid dienone is 2. The predicted octanol–water partition coefficient (Wildman–Crippen LogP) is 4.28. The van der Waals surface area contributed by atoms with Crippen LogP contribution < -0.4 is 10.6 Å². The molecule has 0 amide bonds. The second-order valence-corrected chi connectivity index (χ2v) is 5.13. The van der Waals surface area contributed by atoms with Crippen molar-refractivity contribution in [2.75, 3.05) is 11.9 Å². The third kappa shape index (κ3) is 3.00. The minimum atomic E-state index is -0.524. The van der Waals surface area contributed by atoms with Gasteiger partial charge in [0.05, 0.1) is 0 Å². The van der Waals surface area contributed by atoms with E-state index < -0.39 is 11.6 Å². The fourth-order valence-corrected chi connectivity index (χ4v) is 2.48. The van der Waals surface area contributed by atoms with Gasteiger partial charge in [-0.15, -0.1) is 0 Å². The molecule has 0 aliphatic carbocycles. The van der Waals surface area contributed by atoms with Crippen LogP contribution in [0.25, 0.3) is 0 Å². The Hall–Kier alpha value is -1.84. The molecule has 1 aromatic carbocycles. The highest BCUT2D eigenvalue weighted by Crippen LogP contribution is 2.36. The first-order valence-electron chi connectivity index (χ1n) is 6.89. The smallest absolute Gasteiger partial charge is 0.132 e. The molecule has 1 unspecified atom stereocenters. The van der Waals surface area contributed by atoms with E-state index in [4.69, 9.17) is 0 Å². The molecular weight excluding hydrogens is 258 g/mol. The highest BCUT2D eigenvalue weighted by atomic mass is 19.1. The summed E-state index contributed by atoms with van der Waals surface area (Å²) < 4.78 is 28.4. The molecule has 108 valence electrons. The molecule has 0 aromatic heterocycles. The van der Waals surface area contributed by atoms with Crippen molar-refractivity contribution < 1.29 is 8.78 Å². The van der Waals surface area contributed by atoms with Crippen LogP contribution in [0.2, 0.25) is 0 Å². The average molecular weight is 278 g/mol. The number of piperidine rings is 1. The van der Waals surface area contributed by atoms with Crippen LogP contribution in [0.3, 0.4) is 0 Å². The minimum absolute atomic E-state index is 0.0945. The van der Waals surface area contributed by atoms with E-state index in [9.17, 15) is 8.78 Å². The Morgan fingerprint density at radius 3 is 2.50 bits per heavy atom. The summed E-state index contributed by atoms with van der Waals surface area (Å²) in [5, 5.41) is 5.99. The molecule has 1 atom stereocenters. The number of nitrogens with one attached hydrogen (secondary N) is 2. The molecule has 1 fully saturated rings. The highest BCUT2D eigenvalue weighted by Gasteiger charge is 2.26. The van der Waals surface area contributed by atoms with Crippen LogP contribution in [0.4, 0.5) is 14.5 Å². The van der Waals surface area contributed by atoms with Crippen LogP contribution >= 0.6 is 0 Å². The van der Waals surface area contributed by atoms with Gasteiger partial charge < -0.3 is 10.6 Å². The van der Waals surface area contributed by atoms with Crippen LogP contribution in [-0.4, -0.2) is 6.54 Å². The minimum Gasteiger partial charge on any atom is -0.385 e. The third-order valence-corrected chi connectivity index (χ3v) is 3.50. The molecule has 0 saturated carbocycles. The maximum atomic E-state index is 14.2. The first-order chi connectivity index (χ1) is 9.52. The SMILES string of the molecule is C=C1CCC(c2c(F)cc(NCCC)cc2F)C(=C)N1. The molecule has 0 radical (unpaired) electrons. The Labute approximate surface area is 118 Å². The molecule has 0 spiro atoms. The number of benzene rings is 1. The van der Waals surface area contributed by atoms with E-state index in [0.717, 1.165) is 12.1 Å². The maximum Gasteiger partial charge on any atom is 0.132 e. The van der Waals surface area contributed by atoms with Crippen molar-refractivity contribution in [2.45, 2.75) is 32.1 Å². The fourth-order valence-electron chi connectivity index (χ4n) is 2.48. The van der Waals surface area contributed by atoms with Gasteiger partial charge >= 0.3 is 0 Å². The lowest BCUT2D eigenvalue weighted by Crippen LogP contribution is -2.24. The Bertz CT molecular complexity index is 514. The molecule has 2 nitrogen and oxygen atoms in total. The Kier molecular flexibility index (Phi) is 4.42. The van der Waals surface area contributed by atoms with Gasteiger partial charge in [-0.1, -0.05) is 20.1 Å². The van der Waals surface area contributed by atoms with E-state index in [2.05, 4.69) is 23.8 Å². The summed E-state index contributed by atoms with van der Waals surface area (Å²) in [5.41, 5.74) is 2.02. The summed E-state index contributed by atoms with van der Waals surface area (Å²) in [4.78, 5) is 0. The van der Waals surface area contributed by atoms with Gasteiger partial charge in [0.2, 0.25) is 0 Å². The van der Waals surface area contributed by atoms with Gasteiger partial charge in [-0.05, 0) is 31.4 Å². The van der Waals surface area contributed by atoms with Crippen LogP contribution in [0.1, 0.15) is 37.7 Å². The summed E-state index contributed by atoms with van der Waals surface area (Å²) in [6, 6.07) is 2.70. The first kappa shape index (κ1) is 14.6. The summed E-state index contributed by atoms with van der Waals surface area (Å²) in [6.45, 7) is 10.4. The largest absolute Gasteiger partial charge is 0.385 e. The summed E-state index contributed by atoms with van der Waals surface area (Å²) >= 11 is 0. The van der Waals surface area contributed by atoms with Gasteiger partial charge in [-0.3, -0.25) is 0 Å². The van der Waals surface area contributed by atoms with Crippen molar-refractivity contribution >= 4 is 5.69 Å². The van der Waals surface area contributed by atoms with Crippen molar-refractivity contribution in [1.29, 1.82) is 0 Å². The summed E-state index contributed by atoms with van der Waals surface area (Å²) in [5.74, 6) is -1.39.